The number of nitrogens with one attached hydrogen (secondary N) is 1. The Morgan fingerprint density at radius 2 is 2.00 bits per heavy atom. The van der Waals surface area contributed by atoms with Crippen LogP contribution in [-0.4, -0.2) is 61.2 Å². The molecule has 1 amide bonds. The van der Waals surface area contributed by atoms with Gasteiger partial charge in [0.05, 0.1) is 6.61 Å². The molecule has 2 aliphatic rings. The maximum atomic E-state index is 11.3. The predicted molar refractivity (Wildman–Crippen MR) is 64.2 cm³/mol. The molecular weight excluding hydrogens is 254 g/mol. The normalized spacial score (nSPS) is 40.8. The van der Waals surface area contributed by atoms with Crippen LogP contribution in [0.25, 0.3) is 0 Å². The van der Waals surface area contributed by atoms with Crippen molar-refractivity contribution in [3.8, 4) is 0 Å². The van der Waals surface area contributed by atoms with Gasteiger partial charge in [-0.05, 0) is 13.8 Å². The fourth-order valence-electron chi connectivity index (χ4n) is 2.61. The van der Waals surface area contributed by atoms with E-state index in [-0.39, 0.29) is 12.5 Å². The Bertz CT molecular complexity index is 347. The van der Waals surface area contributed by atoms with E-state index in [2.05, 4.69) is 5.32 Å². The molecule has 19 heavy (non-hydrogen) atoms. The number of aliphatic hydroxyl groups is 1. The summed E-state index contributed by atoms with van der Waals surface area (Å²) in [5.74, 6) is -0.990. The second-order valence-corrected chi connectivity index (χ2v) is 5.25. The molecule has 0 bridgehead atoms. The molecule has 5 atom stereocenters. The Morgan fingerprint density at radius 1 is 1.37 bits per heavy atom. The summed E-state index contributed by atoms with van der Waals surface area (Å²) in [6.45, 7) is 4.78. The van der Waals surface area contributed by atoms with Crippen LogP contribution in [-0.2, 0) is 23.7 Å². The van der Waals surface area contributed by atoms with Crippen LogP contribution in [0.2, 0.25) is 0 Å². The lowest BCUT2D eigenvalue weighted by Crippen LogP contribution is -2.63. The quantitative estimate of drug-likeness (QED) is 0.713. The number of rotatable bonds is 3. The zero-order valence-electron chi connectivity index (χ0n) is 11.6. The van der Waals surface area contributed by atoms with Gasteiger partial charge >= 0.3 is 0 Å². The molecule has 0 aliphatic carbocycles. The summed E-state index contributed by atoms with van der Waals surface area (Å²) in [6, 6.07) is -0.475. The van der Waals surface area contributed by atoms with Crippen molar-refractivity contribution in [1.29, 1.82) is 0 Å². The lowest BCUT2D eigenvalue weighted by atomic mass is 9.97. The van der Waals surface area contributed by atoms with E-state index in [1.54, 1.807) is 13.8 Å². The molecule has 7 nitrogen and oxygen atoms in total. The first-order valence-corrected chi connectivity index (χ1v) is 6.30. The average Bonchev–Trinajstić information content (AvgIpc) is 2.64. The van der Waals surface area contributed by atoms with Crippen molar-refractivity contribution in [2.45, 2.75) is 57.2 Å². The number of aliphatic hydroxyl groups excluding tert-OH is 1. The van der Waals surface area contributed by atoms with Crippen LogP contribution in [0.5, 0.6) is 0 Å². The van der Waals surface area contributed by atoms with Gasteiger partial charge in [0, 0.05) is 14.0 Å². The number of hydrogen-bond donors (Lipinski definition) is 2. The monoisotopic (exact) mass is 275 g/mol. The molecule has 2 saturated heterocycles. The molecule has 0 aromatic heterocycles. The first-order valence-electron chi connectivity index (χ1n) is 6.30. The second-order valence-electron chi connectivity index (χ2n) is 5.25. The van der Waals surface area contributed by atoms with Crippen molar-refractivity contribution in [3.05, 3.63) is 0 Å². The first-order chi connectivity index (χ1) is 8.88. The fraction of sp³-hybridized carbons (Fsp3) is 0.917. The molecule has 7 heteroatoms. The second kappa shape index (κ2) is 5.34. The molecule has 0 saturated carbocycles. The Morgan fingerprint density at radius 3 is 2.53 bits per heavy atom. The largest absolute Gasteiger partial charge is 0.394 e. The molecule has 0 unspecified atom stereocenters. The van der Waals surface area contributed by atoms with Crippen LogP contribution in [0, 0.1) is 0 Å². The number of amides is 1. The summed E-state index contributed by atoms with van der Waals surface area (Å²) >= 11 is 0. The lowest BCUT2D eigenvalue weighted by molar-refractivity contribution is -0.242. The van der Waals surface area contributed by atoms with E-state index in [1.165, 1.54) is 14.0 Å². The van der Waals surface area contributed by atoms with E-state index in [4.69, 9.17) is 18.9 Å². The minimum Gasteiger partial charge on any atom is -0.394 e. The van der Waals surface area contributed by atoms with Crippen molar-refractivity contribution in [3.63, 3.8) is 0 Å². The van der Waals surface area contributed by atoms with Gasteiger partial charge in [-0.2, -0.15) is 0 Å². The molecule has 2 aliphatic heterocycles. The molecule has 2 fully saturated rings. The Balaban J connectivity index is 2.23. The minimum absolute atomic E-state index is 0.201. The molecule has 2 rings (SSSR count). The van der Waals surface area contributed by atoms with Gasteiger partial charge in [-0.25, -0.2) is 0 Å². The summed E-state index contributed by atoms with van der Waals surface area (Å²) in [7, 11) is 1.48. The number of methoxy groups -OCH3 is 1. The van der Waals surface area contributed by atoms with Gasteiger partial charge in [0.1, 0.15) is 24.4 Å². The van der Waals surface area contributed by atoms with E-state index < -0.39 is 36.4 Å². The molecule has 0 aromatic carbocycles. The van der Waals surface area contributed by atoms with Gasteiger partial charge in [-0.3, -0.25) is 4.79 Å². The summed E-state index contributed by atoms with van der Waals surface area (Å²) < 4.78 is 22.4. The van der Waals surface area contributed by atoms with E-state index in [0.717, 1.165) is 0 Å². The molecule has 2 heterocycles. The average molecular weight is 275 g/mol. The number of carbonyl (C=O) groups excluding carboxylic acids is 1. The number of carbonyl (C=O) groups is 1. The minimum atomic E-state index is -0.786. The van der Waals surface area contributed by atoms with Crippen molar-refractivity contribution < 1.29 is 28.8 Å². The summed E-state index contributed by atoms with van der Waals surface area (Å²) in [6.07, 6.45) is -2.08. The van der Waals surface area contributed by atoms with Gasteiger partial charge < -0.3 is 29.4 Å². The van der Waals surface area contributed by atoms with E-state index in [0.29, 0.717) is 0 Å². The topological polar surface area (TPSA) is 86.2 Å². The van der Waals surface area contributed by atoms with Crippen molar-refractivity contribution >= 4 is 5.91 Å². The van der Waals surface area contributed by atoms with Crippen molar-refractivity contribution in [2.24, 2.45) is 0 Å². The van der Waals surface area contributed by atoms with E-state index in [1.807, 2.05) is 0 Å². The van der Waals surface area contributed by atoms with E-state index in [9.17, 15) is 9.90 Å². The summed E-state index contributed by atoms with van der Waals surface area (Å²) in [4.78, 5) is 11.3. The summed E-state index contributed by atoms with van der Waals surface area (Å²) in [5.41, 5.74) is 0. The molecule has 2 N–H and O–H groups in total. The van der Waals surface area contributed by atoms with Gasteiger partial charge in [0.2, 0.25) is 5.91 Å². The molecule has 0 aromatic rings. The van der Waals surface area contributed by atoms with Crippen LogP contribution < -0.4 is 5.32 Å². The third kappa shape index (κ3) is 2.90. The molecule has 0 radical (unpaired) electrons. The Kier molecular flexibility index (Phi) is 4.12. The van der Waals surface area contributed by atoms with Crippen LogP contribution in [0.15, 0.2) is 0 Å². The fourth-order valence-corrected chi connectivity index (χ4v) is 2.61. The SMILES string of the molecule is CO[C@@H]1O[C@H](CO)[C@@H]2OC(C)(C)O[C@@H]2[C@@H]1NC(C)=O. The number of hydrogen-bond acceptors (Lipinski definition) is 6. The van der Waals surface area contributed by atoms with Crippen LogP contribution in [0.4, 0.5) is 0 Å². The number of ether oxygens (including phenoxy) is 4. The van der Waals surface area contributed by atoms with Gasteiger partial charge in [0.15, 0.2) is 12.1 Å². The van der Waals surface area contributed by atoms with Crippen molar-refractivity contribution in [2.75, 3.05) is 13.7 Å². The van der Waals surface area contributed by atoms with Crippen LogP contribution in [0.3, 0.4) is 0 Å². The summed E-state index contributed by atoms with van der Waals surface area (Å²) in [5, 5.41) is 12.1. The maximum Gasteiger partial charge on any atom is 0.217 e. The van der Waals surface area contributed by atoms with Gasteiger partial charge in [-0.1, -0.05) is 0 Å². The zero-order valence-corrected chi connectivity index (χ0v) is 11.6. The first kappa shape index (κ1) is 14.7. The Hall–Kier alpha value is -0.730. The van der Waals surface area contributed by atoms with Crippen LogP contribution >= 0.6 is 0 Å². The lowest BCUT2D eigenvalue weighted by Gasteiger charge is -2.41. The third-order valence-corrected chi connectivity index (χ3v) is 3.27. The highest BCUT2D eigenvalue weighted by Crippen LogP contribution is 2.37. The zero-order chi connectivity index (χ0) is 14.2. The highest BCUT2D eigenvalue weighted by atomic mass is 16.8. The van der Waals surface area contributed by atoms with Crippen molar-refractivity contribution in [1.82, 2.24) is 5.32 Å². The van der Waals surface area contributed by atoms with E-state index >= 15 is 0 Å². The Labute approximate surface area is 112 Å². The highest BCUT2D eigenvalue weighted by Gasteiger charge is 2.55. The molecule has 0 spiro atoms. The highest BCUT2D eigenvalue weighted by molar-refractivity contribution is 5.73. The van der Waals surface area contributed by atoms with Gasteiger partial charge in [-0.15, -0.1) is 0 Å². The molecule has 110 valence electrons. The number of fused-ring (bicyclic) bond motifs is 1. The smallest absolute Gasteiger partial charge is 0.217 e. The third-order valence-electron chi connectivity index (χ3n) is 3.27. The predicted octanol–water partition coefficient (Wildman–Crippen LogP) is -0.625. The maximum absolute atomic E-state index is 11.3. The van der Waals surface area contributed by atoms with Gasteiger partial charge in [0.25, 0.3) is 0 Å². The molecular formula is C12H21NO6. The van der Waals surface area contributed by atoms with Crippen LogP contribution in [0.1, 0.15) is 20.8 Å². The standard InChI is InChI=1S/C12H21NO6/c1-6(15)13-8-10-9(18-12(2,3)19-10)7(5-14)17-11(8)16-4/h7-11,14H,5H2,1-4H3,(H,13,15)/t7-,8+,9+,10-,11-/m1/s1.